The number of benzene rings is 2. The van der Waals surface area contributed by atoms with Gasteiger partial charge >= 0.3 is 0 Å². The molecule has 0 unspecified atom stereocenters. The quantitative estimate of drug-likeness (QED) is 0.680. The monoisotopic (exact) mass is 290 g/mol. The molecule has 0 bridgehead atoms. The molecule has 0 N–H and O–H groups in total. The molecule has 0 saturated carbocycles. The minimum Gasteiger partial charge on any atom is -0.334 e. The highest BCUT2D eigenvalue weighted by atomic mass is 16.2. The van der Waals surface area contributed by atoms with E-state index >= 15 is 0 Å². The van der Waals surface area contributed by atoms with Gasteiger partial charge in [-0.1, -0.05) is 36.4 Å². The number of hydrogen-bond donors (Lipinski definition) is 0. The van der Waals surface area contributed by atoms with E-state index in [1.807, 2.05) is 59.3 Å². The number of amides is 2. The first-order valence-corrected chi connectivity index (χ1v) is 7.23. The van der Waals surface area contributed by atoms with Crippen LogP contribution >= 0.6 is 0 Å². The fraction of sp³-hybridized carbons (Fsp3) is 0.111. The zero-order valence-electron chi connectivity index (χ0n) is 11.8. The summed E-state index contributed by atoms with van der Waals surface area (Å²) in [6.45, 7) is 0. The highest BCUT2D eigenvalue weighted by molar-refractivity contribution is 6.21. The molecule has 1 aromatic heterocycles. The first-order chi connectivity index (χ1) is 10.8. The number of nitrogens with zero attached hydrogens (tertiary/aromatic N) is 2. The van der Waals surface area contributed by atoms with Gasteiger partial charge in [-0.2, -0.15) is 0 Å². The predicted octanol–water partition coefficient (Wildman–Crippen LogP) is 3.15. The number of para-hydroxylation sites is 2. The summed E-state index contributed by atoms with van der Waals surface area (Å²) in [5.74, 6) is -0.323. The molecule has 2 aromatic carbocycles. The lowest BCUT2D eigenvalue weighted by atomic mass is 10.2. The van der Waals surface area contributed by atoms with Crippen LogP contribution in [-0.4, -0.2) is 16.4 Å². The molecule has 1 aliphatic heterocycles. The minimum atomic E-state index is -0.465. The molecule has 1 fully saturated rings. The molecular weight excluding hydrogens is 276 g/mol. The number of imide groups is 1. The summed E-state index contributed by atoms with van der Waals surface area (Å²) in [4.78, 5) is 26.4. The number of hydrogen-bond acceptors (Lipinski definition) is 2. The molecule has 0 spiro atoms. The number of carbonyl (C=O) groups is 2. The summed E-state index contributed by atoms with van der Waals surface area (Å²) >= 11 is 0. The second kappa shape index (κ2) is 4.84. The summed E-state index contributed by atoms with van der Waals surface area (Å²) < 4.78 is 1.90. The second-order valence-electron chi connectivity index (χ2n) is 5.40. The lowest BCUT2D eigenvalue weighted by Crippen LogP contribution is -2.30. The van der Waals surface area contributed by atoms with Crippen molar-refractivity contribution >= 4 is 28.4 Å². The molecule has 4 nitrogen and oxygen atoms in total. The van der Waals surface area contributed by atoms with Crippen LogP contribution in [-0.2, 0) is 9.59 Å². The molecule has 2 heterocycles. The molecule has 108 valence electrons. The highest BCUT2D eigenvalue weighted by Gasteiger charge is 2.40. The number of rotatable bonds is 2. The summed E-state index contributed by atoms with van der Waals surface area (Å²) in [6.07, 6.45) is 2.08. The lowest BCUT2D eigenvalue weighted by molar-refractivity contribution is -0.122. The van der Waals surface area contributed by atoms with Crippen molar-refractivity contribution in [2.75, 3.05) is 4.90 Å². The smallest absolute Gasteiger partial charge is 0.257 e. The Kier molecular flexibility index (Phi) is 2.82. The number of aromatic nitrogens is 1. The first-order valence-electron chi connectivity index (χ1n) is 7.23. The summed E-state index contributed by atoms with van der Waals surface area (Å²) in [5, 5.41) is 1.07. The van der Waals surface area contributed by atoms with Crippen LogP contribution in [0.4, 0.5) is 5.69 Å². The summed E-state index contributed by atoms with van der Waals surface area (Å²) in [6, 6.07) is 18.5. The van der Waals surface area contributed by atoms with Crippen molar-refractivity contribution in [2.45, 2.75) is 12.5 Å². The van der Waals surface area contributed by atoms with Gasteiger partial charge in [0.1, 0.15) is 6.04 Å². The van der Waals surface area contributed by atoms with Crippen LogP contribution in [0.5, 0.6) is 0 Å². The van der Waals surface area contributed by atoms with E-state index in [4.69, 9.17) is 0 Å². The average molecular weight is 290 g/mol. The Morgan fingerprint density at radius 1 is 0.864 bits per heavy atom. The Morgan fingerprint density at radius 2 is 1.59 bits per heavy atom. The second-order valence-corrected chi connectivity index (χ2v) is 5.40. The van der Waals surface area contributed by atoms with E-state index < -0.39 is 6.04 Å². The largest absolute Gasteiger partial charge is 0.334 e. The zero-order valence-corrected chi connectivity index (χ0v) is 11.8. The summed E-state index contributed by atoms with van der Waals surface area (Å²) in [7, 11) is 0. The maximum Gasteiger partial charge on any atom is 0.257 e. The Balaban J connectivity index is 1.76. The molecule has 1 saturated heterocycles. The van der Waals surface area contributed by atoms with Crippen molar-refractivity contribution < 1.29 is 9.59 Å². The molecule has 1 aliphatic rings. The van der Waals surface area contributed by atoms with Crippen molar-refractivity contribution in [2.24, 2.45) is 0 Å². The molecule has 4 rings (SSSR count). The van der Waals surface area contributed by atoms with Gasteiger partial charge in [0.05, 0.1) is 12.1 Å². The van der Waals surface area contributed by atoms with E-state index in [9.17, 15) is 9.59 Å². The van der Waals surface area contributed by atoms with E-state index in [1.54, 1.807) is 12.1 Å². The number of anilines is 1. The summed E-state index contributed by atoms with van der Waals surface area (Å²) in [5.41, 5.74) is 1.61. The highest BCUT2D eigenvalue weighted by Crippen LogP contribution is 2.32. The van der Waals surface area contributed by atoms with E-state index in [-0.39, 0.29) is 18.2 Å². The van der Waals surface area contributed by atoms with Gasteiger partial charge in [-0.15, -0.1) is 0 Å². The molecule has 2 amide bonds. The van der Waals surface area contributed by atoms with E-state index in [2.05, 4.69) is 0 Å². The van der Waals surface area contributed by atoms with Crippen LogP contribution in [0.1, 0.15) is 12.5 Å². The standard InChI is InChI=1S/C18H14N2O2/c21-17-12-16(18(22)20(17)14-7-2-1-3-8-14)19-11-10-13-6-4-5-9-15(13)19/h1-11,16H,12H2/t16-/m0/s1. The SMILES string of the molecule is O=C1C[C@H](n2ccc3ccccc32)C(=O)N1c1ccccc1. The van der Waals surface area contributed by atoms with Gasteiger partial charge in [-0.3, -0.25) is 9.59 Å². The Labute approximate surface area is 127 Å². The molecule has 1 atom stereocenters. The molecular formula is C18H14N2O2. The maximum absolute atomic E-state index is 12.7. The Bertz CT molecular complexity index is 867. The molecule has 4 heteroatoms. The van der Waals surface area contributed by atoms with Crippen molar-refractivity contribution in [1.82, 2.24) is 4.57 Å². The Morgan fingerprint density at radius 3 is 2.41 bits per heavy atom. The number of carbonyl (C=O) groups excluding carboxylic acids is 2. The van der Waals surface area contributed by atoms with Gasteiger partial charge < -0.3 is 4.57 Å². The molecule has 22 heavy (non-hydrogen) atoms. The van der Waals surface area contributed by atoms with Crippen LogP contribution < -0.4 is 4.90 Å². The van der Waals surface area contributed by atoms with Crippen molar-refractivity contribution in [3.05, 3.63) is 66.9 Å². The first kappa shape index (κ1) is 12.8. The van der Waals surface area contributed by atoms with Crippen LogP contribution in [0.15, 0.2) is 66.9 Å². The van der Waals surface area contributed by atoms with Crippen molar-refractivity contribution in [3.8, 4) is 0 Å². The van der Waals surface area contributed by atoms with Crippen molar-refractivity contribution in [1.29, 1.82) is 0 Å². The third-order valence-corrected chi connectivity index (χ3v) is 4.10. The topological polar surface area (TPSA) is 42.3 Å². The minimum absolute atomic E-state index is 0.154. The molecule has 0 radical (unpaired) electrons. The normalized spacial score (nSPS) is 18.4. The predicted molar refractivity (Wildman–Crippen MR) is 84.5 cm³/mol. The van der Waals surface area contributed by atoms with E-state index in [0.717, 1.165) is 10.9 Å². The van der Waals surface area contributed by atoms with Gasteiger partial charge in [0, 0.05) is 11.7 Å². The van der Waals surface area contributed by atoms with Gasteiger partial charge in [0.25, 0.3) is 5.91 Å². The van der Waals surface area contributed by atoms with Crippen LogP contribution in [0.25, 0.3) is 10.9 Å². The van der Waals surface area contributed by atoms with Gasteiger partial charge in [-0.05, 0) is 29.7 Å². The molecule has 3 aromatic rings. The maximum atomic E-state index is 12.7. The average Bonchev–Trinajstić information content (AvgIpc) is 3.09. The van der Waals surface area contributed by atoms with Crippen molar-refractivity contribution in [3.63, 3.8) is 0 Å². The third kappa shape index (κ3) is 1.84. The van der Waals surface area contributed by atoms with Crippen LogP contribution in [0, 0.1) is 0 Å². The molecule has 0 aliphatic carbocycles. The number of fused-ring (bicyclic) bond motifs is 1. The van der Waals surface area contributed by atoms with Gasteiger partial charge in [0.15, 0.2) is 0 Å². The Hall–Kier alpha value is -2.88. The van der Waals surface area contributed by atoms with Gasteiger partial charge in [0.2, 0.25) is 5.91 Å². The fourth-order valence-corrected chi connectivity index (χ4v) is 3.06. The fourth-order valence-electron chi connectivity index (χ4n) is 3.06. The van der Waals surface area contributed by atoms with Crippen LogP contribution in [0.2, 0.25) is 0 Å². The van der Waals surface area contributed by atoms with Gasteiger partial charge in [-0.25, -0.2) is 4.90 Å². The lowest BCUT2D eigenvalue weighted by Gasteiger charge is -2.16. The zero-order chi connectivity index (χ0) is 15.1. The van der Waals surface area contributed by atoms with E-state index in [1.165, 1.54) is 4.90 Å². The van der Waals surface area contributed by atoms with Crippen LogP contribution in [0.3, 0.4) is 0 Å². The third-order valence-electron chi connectivity index (χ3n) is 4.10. The van der Waals surface area contributed by atoms with E-state index in [0.29, 0.717) is 5.69 Å².